The van der Waals surface area contributed by atoms with Crippen LogP contribution in [0.5, 0.6) is 0 Å². The summed E-state index contributed by atoms with van der Waals surface area (Å²) < 4.78 is 6.71. The molecule has 4 heteroatoms. The Morgan fingerprint density at radius 2 is 2.30 bits per heavy atom. The van der Waals surface area contributed by atoms with Crippen LogP contribution in [0.25, 0.3) is 0 Å². The maximum absolute atomic E-state index is 6.13. The van der Waals surface area contributed by atoms with Gasteiger partial charge >= 0.3 is 0 Å². The summed E-state index contributed by atoms with van der Waals surface area (Å²) in [5, 5.41) is 0. The first kappa shape index (κ1) is 16.0. The number of likely N-dealkylation sites (N-methyl/N-ethyl adjacent to an activating group) is 1. The van der Waals surface area contributed by atoms with Gasteiger partial charge in [-0.3, -0.25) is 4.90 Å². The standard InChI is InChI=1S/C16H25BrN2O/c1-19(11-13-5-3-6-14(17)9-13)16(12-18)8-4-7-15(10-16)20-2/h3,5-6,9,15H,4,7-8,10-12,18H2,1-2H3. The van der Waals surface area contributed by atoms with Crippen molar-refractivity contribution in [1.82, 2.24) is 4.90 Å². The molecule has 1 saturated carbocycles. The highest BCUT2D eigenvalue weighted by atomic mass is 79.9. The molecule has 3 nitrogen and oxygen atoms in total. The van der Waals surface area contributed by atoms with Crippen LogP contribution in [0.2, 0.25) is 0 Å². The Kier molecular flexibility index (Phi) is 5.61. The largest absolute Gasteiger partial charge is 0.381 e. The van der Waals surface area contributed by atoms with E-state index in [0.29, 0.717) is 12.6 Å². The highest BCUT2D eigenvalue weighted by Crippen LogP contribution is 2.34. The van der Waals surface area contributed by atoms with Crippen LogP contribution in [0, 0.1) is 0 Å². The molecule has 20 heavy (non-hydrogen) atoms. The maximum Gasteiger partial charge on any atom is 0.0589 e. The fourth-order valence-electron chi connectivity index (χ4n) is 3.25. The van der Waals surface area contributed by atoms with E-state index in [4.69, 9.17) is 10.5 Å². The molecule has 1 aliphatic carbocycles. The lowest BCUT2D eigenvalue weighted by Crippen LogP contribution is -2.55. The molecule has 1 aliphatic rings. The van der Waals surface area contributed by atoms with Gasteiger partial charge in [-0.15, -0.1) is 0 Å². The number of halogens is 1. The molecule has 1 fully saturated rings. The van der Waals surface area contributed by atoms with Gasteiger partial charge < -0.3 is 10.5 Å². The van der Waals surface area contributed by atoms with Crippen molar-refractivity contribution in [2.45, 2.75) is 43.9 Å². The van der Waals surface area contributed by atoms with Gasteiger partial charge in [0.25, 0.3) is 0 Å². The Balaban J connectivity index is 2.10. The molecule has 0 bridgehead atoms. The number of ether oxygens (including phenoxy) is 1. The molecule has 0 aliphatic heterocycles. The van der Waals surface area contributed by atoms with Crippen LogP contribution in [0.3, 0.4) is 0 Å². The summed E-state index contributed by atoms with van der Waals surface area (Å²) >= 11 is 3.54. The number of nitrogens with two attached hydrogens (primary N) is 1. The zero-order valence-electron chi connectivity index (χ0n) is 12.4. The molecule has 0 amide bonds. The number of rotatable bonds is 5. The fourth-order valence-corrected chi connectivity index (χ4v) is 3.70. The Bertz CT molecular complexity index is 440. The second-order valence-electron chi connectivity index (χ2n) is 5.87. The van der Waals surface area contributed by atoms with E-state index in [0.717, 1.165) is 30.3 Å². The number of nitrogens with zero attached hydrogens (tertiary/aromatic N) is 1. The Morgan fingerprint density at radius 1 is 1.50 bits per heavy atom. The first-order chi connectivity index (χ1) is 9.59. The van der Waals surface area contributed by atoms with Crippen LogP contribution >= 0.6 is 15.9 Å². The predicted octanol–water partition coefficient (Wildman–Crippen LogP) is 3.17. The van der Waals surface area contributed by atoms with Crippen molar-refractivity contribution in [2.75, 3.05) is 20.7 Å². The summed E-state index contributed by atoms with van der Waals surface area (Å²) in [6, 6.07) is 8.49. The lowest BCUT2D eigenvalue weighted by molar-refractivity contribution is -0.0149. The molecule has 2 N–H and O–H groups in total. The van der Waals surface area contributed by atoms with E-state index in [2.05, 4.69) is 52.1 Å². The minimum atomic E-state index is 0.0707. The van der Waals surface area contributed by atoms with E-state index in [-0.39, 0.29) is 5.54 Å². The summed E-state index contributed by atoms with van der Waals surface area (Å²) in [6.07, 6.45) is 4.89. The SMILES string of the molecule is COC1CCCC(CN)(N(C)Cc2cccc(Br)c2)C1. The van der Waals surface area contributed by atoms with Gasteiger partial charge in [-0.2, -0.15) is 0 Å². The van der Waals surface area contributed by atoms with Crippen LogP contribution < -0.4 is 5.73 Å². The topological polar surface area (TPSA) is 38.5 Å². The van der Waals surface area contributed by atoms with E-state index >= 15 is 0 Å². The second-order valence-corrected chi connectivity index (χ2v) is 6.78. The fraction of sp³-hybridized carbons (Fsp3) is 0.625. The smallest absolute Gasteiger partial charge is 0.0589 e. The lowest BCUT2D eigenvalue weighted by atomic mass is 9.78. The zero-order valence-corrected chi connectivity index (χ0v) is 14.0. The van der Waals surface area contributed by atoms with Crippen molar-refractivity contribution in [2.24, 2.45) is 5.73 Å². The van der Waals surface area contributed by atoms with Crippen molar-refractivity contribution in [3.8, 4) is 0 Å². The monoisotopic (exact) mass is 340 g/mol. The van der Waals surface area contributed by atoms with Crippen LogP contribution in [0.15, 0.2) is 28.7 Å². The van der Waals surface area contributed by atoms with Gasteiger partial charge in [-0.05, 0) is 50.4 Å². The van der Waals surface area contributed by atoms with Crippen LogP contribution in [0.1, 0.15) is 31.2 Å². The highest BCUT2D eigenvalue weighted by molar-refractivity contribution is 9.10. The van der Waals surface area contributed by atoms with Crippen LogP contribution in [-0.4, -0.2) is 37.2 Å². The molecule has 0 saturated heterocycles. The quantitative estimate of drug-likeness (QED) is 0.894. The third-order valence-electron chi connectivity index (χ3n) is 4.61. The minimum absolute atomic E-state index is 0.0707. The van der Waals surface area contributed by atoms with Gasteiger partial charge in [0.1, 0.15) is 0 Å². The normalized spacial score (nSPS) is 26.9. The summed E-state index contributed by atoms with van der Waals surface area (Å²) in [4.78, 5) is 2.42. The first-order valence-corrected chi connectivity index (χ1v) is 8.07. The van der Waals surface area contributed by atoms with Crippen molar-refractivity contribution in [3.63, 3.8) is 0 Å². The van der Waals surface area contributed by atoms with Gasteiger partial charge in [0, 0.05) is 30.2 Å². The highest BCUT2D eigenvalue weighted by Gasteiger charge is 2.38. The minimum Gasteiger partial charge on any atom is -0.381 e. The number of hydrogen-bond acceptors (Lipinski definition) is 3. The molecule has 1 aromatic rings. The average Bonchev–Trinajstić information content (AvgIpc) is 2.47. The summed E-state index contributed by atoms with van der Waals surface area (Å²) in [5.74, 6) is 0. The molecule has 0 radical (unpaired) electrons. The molecule has 1 aromatic carbocycles. The summed E-state index contributed by atoms with van der Waals surface area (Å²) in [6.45, 7) is 1.62. The third-order valence-corrected chi connectivity index (χ3v) is 5.10. The van der Waals surface area contributed by atoms with Gasteiger partial charge in [0.2, 0.25) is 0 Å². The van der Waals surface area contributed by atoms with Gasteiger partial charge in [0.05, 0.1) is 6.10 Å². The Labute approximate surface area is 130 Å². The van der Waals surface area contributed by atoms with E-state index < -0.39 is 0 Å². The van der Waals surface area contributed by atoms with Crippen molar-refractivity contribution >= 4 is 15.9 Å². The molecule has 0 spiro atoms. The molecule has 2 rings (SSSR count). The Morgan fingerprint density at radius 3 is 2.95 bits per heavy atom. The molecule has 0 aromatic heterocycles. The van der Waals surface area contributed by atoms with Gasteiger partial charge in [-0.1, -0.05) is 28.1 Å². The molecule has 2 unspecified atom stereocenters. The van der Waals surface area contributed by atoms with Crippen molar-refractivity contribution < 1.29 is 4.74 Å². The lowest BCUT2D eigenvalue weighted by Gasteiger charge is -2.46. The Hall–Kier alpha value is -0.420. The van der Waals surface area contributed by atoms with Crippen LogP contribution in [0.4, 0.5) is 0 Å². The first-order valence-electron chi connectivity index (χ1n) is 7.28. The number of methoxy groups -OCH3 is 1. The third kappa shape index (κ3) is 3.61. The molecular weight excluding hydrogens is 316 g/mol. The molecule has 112 valence electrons. The number of hydrogen-bond donors (Lipinski definition) is 1. The number of benzene rings is 1. The average molecular weight is 341 g/mol. The maximum atomic E-state index is 6.13. The van der Waals surface area contributed by atoms with Crippen LogP contribution in [-0.2, 0) is 11.3 Å². The van der Waals surface area contributed by atoms with E-state index in [1.54, 1.807) is 0 Å². The van der Waals surface area contributed by atoms with Gasteiger partial charge in [0.15, 0.2) is 0 Å². The molecule has 0 heterocycles. The predicted molar refractivity (Wildman–Crippen MR) is 86.7 cm³/mol. The van der Waals surface area contributed by atoms with Gasteiger partial charge in [-0.25, -0.2) is 0 Å². The zero-order chi connectivity index (χ0) is 14.6. The molecule has 2 atom stereocenters. The van der Waals surface area contributed by atoms with Crippen molar-refractivity contribution in [3.05, 3.63) is 34.3 Å². The summed E-state index contributed by atoms with van der Waals surface area (Å²) in [7, 11) is 4.00. The second kappa shape index (κ2) is 7.03. The van der Waals surface area contributed by atoms with E-state index in [9.17, 15) is 0 Å². The van der Waals surface area contributed by atoms with E-state index in [1.807, 2.05) is 7.11 Å². The van der Waals surface area contributed by atoms with E-state index in [1.165, 1.54) is 12.0 Å². The molecular formula is C16H25BrN2O. The van der Waals surface area contributed by atoms with Crippen molar-refractivity contribution in [1.29, 1.82) is 0 Å². The summed E-state index contributed by atoms with van der Waals surface area (Å²) in [5.41, 5.74) is 7.52.